The predicted octanol–water partition coefficient (Wildman–Crippen LogP) is 1.85. The van der Waals surface area contributed by atoms with Crippen molar-refractivity contribution >= 4 is 26.6 Å². The topological polar surface area (TPSA) is 79.5 Å². The number of carbonyl (C=O) groups excluding carboxylic acids is 1. The fourth-order valence-corrected chi connectivity index (χ4v) is 5.70. The molecule has 25 heavy (non-hydrogen) atoms. The Bertz CT molecular complexity index is 943. The number of hydrogen-bond acceptors (Lipinski definition) is 4. The zero-order chi connectivity index (χ0) is 17.8. The molecule has 1 unspecified atom stereocenters. The van der Waals surface area contributed by atoms with Crippen LogP contribution in [0.15, 0.2) is 24.4 Å². The number of nitrogens with one attached hydrogen (secondary N) is 1. The third-order valence-corrected chi connectivity index (χ3v) is 7.39. The van der Waals surface area contributed by atoms with Gasteiger partial charge >= 0.3 is 0 Å². The molecule has 134 valence electrons. The quantitative estimate of drug-likeness (QED) is 0.900. The lowest BCUT2D eigenvalue weighted by Gasteiger charge is -2.28. The van der Waals surface area contributed by atoms with E-state index in [-0.39, 0.29) is 23.5 Å². The van der Waals surface area contributed by atoms with Crippen molar-refractivity contribution in [3.05, 3.63) is 30.0 Å². The molecular formula is C18H22N2O4S. The lowest BCUT2D eigenvalue weighted by atomic mass is 9.93. The fourth-order valence-electron chi connectivity index (χ4n) is 3.93. The monoisotopic (exact) mass is 362 g/mol. The molecule has 1 aromatic carbocycles. The van der Waals surface area contributed by atoms with Crippen LogP contribution in [0.2, 0.25) is 0 Å². The molecule has 1 aliphatic heterocycles. The van der Waals surface area contributed by atoms with Crippen molar-refractivity contribution < 1.29 is 17.9 Å². The Morgan fingerprint density at radius 1 is 1.36 bits per heavy atom. The van der Waals surface area contributed by atoms with Gasteiger partial charge in [0.25, 0.3) is 0 Å². The van der Waals surface area contributed by atoms with E-state index in [0.717, 1.165) is 35.1 Å². The Kier molecular flexibility index (Phi) is 3.61. The molecule has 1 saturated heterocycles. The maximum absolute atomic E-state index is 13.2. The molecule has 1 aliphatic carbocycles. The van der Waals surface area contributed by atoms with Gasteiger partial charge in [0, 0.05) is 30.2 Å². The zero-order valence-corrected chi connectivity index (χ0v) is 15.2. The highest BCUT2D eigenvalue weighted by molar-refractivity contribution is 7.91. The second kappa shape index (κ2) is 5.49. The number of methoxy groups -OCH3 is 1. The third-order valence-electron chi connectivity index (χ3n) is 5.64. The maximum atomic E-state index is 13.2. The molecule has 2 aromatic rings. The van der Waals surface area contributed by atoms with Crippen molar-refractivity contribution in [2.75, 3.05) is 25.7 Å². The number of benzene rings is 1. The highest BCUT2D eigenvalue weighted by atomic mass is 32.2. The number of sulfone groups is 1. The van der Waals surface area contributed by atoms with Gasteiger partial charge in [-0.25, -0.2) is 8.42 Å². The highest BCUT2D eigenvalue weighted by Crippen LogP contribution is 2.52. The van der Waals surface area contributed by atoms with E-state index in [1.165, 1.54) is 0 Å². The largest absolute Gasteiger partial charge is 0.497 e. The van der Waals surface area contributed by atoms with E-state index in [1.807, 2.05) is 24.4 Å². The van der Waals surface area contributed by atoms with Crippen molar-refractivity contribution in [2.24, 2.45) is 0 Å². The average molecular weight is 362 g/mol. The van der Waals surface area contributed by atoms with Crippen LogP contribution in [0, 0.1) is 0 Å². The van der Waals surface area contributed by atoms with Crippen molar-refractivity contribution in [3.63, 3.8) is 0 Å². The van der Waals surface area contributed by atoms with Crippen molar-refractivity contribution in [1.82, 2.24) is 9.88 Å². The van der Waals surface area contributed by atoms with Crippen LogP contribution in [0.25, 0.3) is 10.9 Å². The molecule has 0 spiro atoms. The van der Waals surface area contributed by atoms with Gasteiger partial charge in [-0.15, -0.1) is 0 Å². The minimum atomic E-state index is -3.01. The molecule has 0 radical (unpaired) electrons. The number of hydrogen-bond donors (Lipinski definition) is 1. The molecule has 1 saturated carbocycles. The van der Waals surface area contributed by atoms with Crippen LogP contribution in [-0.4, -0.2) is 55.9 Å². The second-order valence-electron chi connectivity index (χ2n) is 7.17. The van der Waals surface area contributed by atoms with E-state index in [2.05, 4.69) is 4.98 Å². The van der Waals surface area contributed by atoms with Gasteiger partial charge in [-0.1, -0.05) is 0 Å². The Balaban J connectivity index is 1.67. The van der Waals surface area contributed by atoms with Gasteiger partial charge in [0.15, 0.2) is 9.84 Å². The fraction of sp³-hybridized carbons (Fsp3) is 0.500. The van der Waals surface area contributed by atoms with E-state index in [1.54, 1.807) is 19.1 Å². The van der Waals surface area contributed by atoms with Crippen LogP contribution in [0.4, 0.5) is 0 Å². The number of rotatable bonds is 4. The molecule has 4 rings (SSSR count). The Labute approximate surface area is 147 Å². The van der Waals surface area contributed by atoms with Crippen molar-refractivity contribution in [3.8, 4) is 5.75 Å². The van der Waals surface area contributed by atoms with Crippen LogP contribution in [-0.2, 0) is 20.0 Å². The van der Waals surface area contributed by atoms with E-state index in [0.29, 0.717) is 6.42 Å². The minimum absolute atomic E-state index is 0.0262. The lowest BCUT2D eigenvalue weighted by molar-refractivity contribution is -0.134. The summed E-state index contributed by atoms with van der Waals surface area (Å²) < 4.78 is 28.8. The maximum Gasteiger partial charge on any atom is 0.233 e. The number of aromatic amines is 1. The summed E-state index contributed by atoms with van der Waals surface area (Å²) in [5.74, 6) is 1.03. The van der Waals surface area contributed by atoms with Crippen LogP contribution in [0.3, 0.4) is 0 Å². The van der Waals surface area contributed by atoms with Crippen LogP contribution < -0.4 is 4.74 Å². The molecule has 1 N–H and O–H groups in total. The van der Waals surface area contributed by atoms with Crippen LogP contribution >= 0.6 is 0 Å². The summed E-state index contributed by atoms with van der Waals surface area (Å²) in [6, 6.07) is 5.58. The molecular weight excluding hydrogens is 340 g/mol. The number of aromatic nitrogens is 1. The Morgan fingerprint density at radius 3 is 2.72 bits per heavy atom. The molecule has 1 amide bonds. The lowest BCUT2D eigenvalue weighted by Crippen LogP contribution is -2.43. The molecule has 0 bridgehead atoms. The predicted molar refractivity (Wildman–Crippen MR) is 95.6 cm³/mol. The SMILES string of the molecule is COc1ccc2[nH]cc(C3(C(=O)N(C)C4CCS(=O)(=O)C4)CC3)c2c1. The Morgan fingerprint density at radius 2 is 2.12 bits per heavy atom. The van der Waals surface area contributed by atoms with Gasteiger partial charge in [0.05, 0.1) is 24.0 Å². The van der Waals surface area contributed by atoms with E-state index < -0.39 is 15.3 Å². The van der Waals surface area contributed by atoms with Crippen LogP contribution in [0.5, 0.6) is 5.75 Å². The first kappa shape index (κ1) is 16.4. The number of fused-ring (bicyclic) bond motifs is 1. The Hall–Kier alpha value is -2.02. The van der Waals surface area contributed by atoms with Gasteiger partial charge in [-0.3, -0.25) is 4.79 Å². The summed E-state index contributed by atoms with van der Waals surface area (Å²) >= 11 is 0. The molecule has 2 heterocycles. The standard InChI is InChI=1S/C18H22N2O4S/c1-20(12-5-8-25(22,23)11-12)17(21)18(6-7-18)15-10-19-16-4-3-13(24-2)9-14(15)16/h3-4,9-10,12,19H,5-8,11H2,1-2H3. The summed E-state index contributed by atoms with van der Waals surface area (Å²) in [4.78, 5) is 18.1. The van der Waals surface area contributed by atoms with Crippen molar-refractivity contribution in [1.29, 1.82) is 0 Å². The number of carbonyl (C=O) groups is 1. The molecule has 7 heteroatoms. The normalized spacial score (nSPS) is 23.5. The van der Waals surface area contributed by atoms with Crippen molar-refractivity contribution in [2.45, 2.75) is 30.7 Å². The summed E-state index contributed by atoms with van der Waals surface area (Å²) in [7, 11) is 0.351. The van der Waals surface area contributed by atoms with E-state index in [9.17, 15) is 13.2 Å². The second-order valence-corrected chi connectivity index (χ2v) is 9.40. The molecule has 1 aromatic heterocycles. The summed E-state index contributed by atoms with van der Waals surface area (Å²) in [5.41, 5.74) is 1.42. The van der Waals surface area contributed by atoms with Crippen LogP contribution in [0.1, 0.15) is 24.8 Å². The molecule has 2 aliphatic rings. The van der Waals surface area contributed by atoms with E-state index in [4.69, 9.17) is 4.74 Å². The molecule has 6 nitrogen and oxygen atoms in total. The number of ether oxygens (including phenoxy) is 1. The third kappa shape index (κ3) is 2.61. The summed E-state index contributed by atoms with van der Waals surface area (Å²) in [5, 5.41) is 0.998. The number of nitrogens with zero attached hydrogens (tertiary/aromatic N) is 1. The molecule has 2 fully saturated rings. The van der Waals surface area contributed by atoms with E-state index >= 15 is 0 Å². The number of amides is 1. The van der Waals surface area contributed by atoms with Gasteiger partial charge in [0.1, 0.15) is 5.75 Å². The number of H-pyrrole nitrogens is 1. The first-order valence-electron chi connectivity index (χ1n) is 8.50. The minimum Gasteiger partial charge on any atom is -0.497 e. The molecule has 1 atom stereocenters. The zero-order valence-electron chi connectivity index (χ0n) is 14.4. The van der Waals surface area contributed by atoms with Gasteiger partial charge < -0.3 is 14.6 Å². The first-order chi connectivity index (χ1) is 11.9. The van der Waals surface area contributed by atoms with Gasteiger partial charge in [-0.05, 0) is 43.0 Å². The first-order valence-corrected chi connectivity index (χ1v) is 10.3. The summed E-state index contributed by atoms with van der Waals surface area (Å²) in [6.45, 7) is 0. The van der Waals surface area contributed by atoms with Gasteiger partial charge in [-0.2, -0.15) is 0 Å². The average Bonchev–Trinajstić information content (AvgIpc) is 3.16. The smallest absolute Gasteiger partial charge is 0.233 e. The summed E-state index contributed by atoms with van der Waals surface area (Å²) in [6.07, 6.45) is 4.02. The highest BCUT2D eigenvalue weighted by Gasteiger charge is 2.54. The number of likely N-dealkylation sites (N-methyl/N-ethyl adjacent to an activating group) is 1. The van der Waals surface area contributed by atoms with Gasteiger partial charge in [0.2, 0.25) is 5.91 Å².